The zero-order chi connectivity index (χ0) is 24.2. The highest BCUT2D eigenvalue weighted by atomic mass is 35.5. The second-order valence-electron chi connectivity index (χ2n) is 8.39. The highest BCUT2D eigenvalue weighted by Crippen LogP contribution is 2.36. The second-order valence-corrected chi connectivity index (χ2v) is 9.21. The molecule has 1 fully saturated rings. The van der Waals surface area contributed by atoms with Gasteiger partial charge in [-0.1, -0.05) is 48.0 Å². The minimum absolute atomic E-state index is 0.104. The first kappa shape index (κ1) is 24.3. The highest BCUT2D eigenvalue weighted by molar-refractivity contribution is 6.39. The quantitative estimate of drug-likeness (QED) is 0.360. The van der Waals surface area contributed by atoms with Crippen LogP contribution < -0.4 is 16.4 Å². The molecule has 0 saturated carbocycles. The maximum Gasteiger partial charge on any atom is 0.145 e. The summed E-state index contributed by atoms with van der Waals surface area (Å²) in [6, 6.07) is 11.6. The van der Waals surface area contributed by atoms with E-state index in [-0.39, 0.29) is 11.9 Å². The molecule has 6 nitrogen and oxygen atoms in total. The van der Waals surface area contributed by atoms with Crippen LogP contribution in [0.15, 0.2) is 59.9 Å². The van der Waals surface area contributed by atoms with Crippen molar-refractivity contribution in [2.45, 2.75) is 25.9 Å². The van der Waals surface area contributed by atoms with E-state index in [9.17, 15) is 4.39 Å². The molecule has 178 valence electrons. The summed E-state index contributed by atoms with van der Waals surface area (Å²) in [5, 5.41) is 7.59. The van der Waals surface area contributed by atoms with E-state index in [4.69, 9.17) is 33.9 Å². The zero-order valence-electron chi connectivity index (χ0n) is 18.9. The van der Waals surface area contributed by atoms with Crippen LogP contribution in [0.1, 0.15) is 30.6 Å². The van der Waals surface area contributed by atoms with Crippen molar-refractivity contribution in [1.82, 2.24) is 20.2 Å². The number of imidazole rings is 1. The van der Waals surface area contributed by atoms with E-state index >= 15 is 0 Å². The predicted molar refractivity (Wildman–Crippen MR) is 138 cm³/mol. The van der Waals surface area contributed by atoms with Gasteiger partial charge in [-0.25, -0.2) is 14.4 Å². The van der Waals surface area contributed by atoms with Crippen LogP contribution in [0, 0.1) is 11.7 Å². The molecular weight excluding hydrogens is 474 g/mol. The lowest BCUT2D eigenvalue weighted by atomic mass is 10.1. The molecule has 0 spiro atoms. The van der Waals surface area contributed by atoms with Gasteiger partial charge in [0.25, 0.3) is 0 Å². The third-order valence-corrected chi connectivity index (χ3v) is 6.55. The molecule has 1 aliphatic heterocycles. The van der Waals surface area contributed by atoms with E-state index < -0.39 is 0 Å². The number of rotatable bonds is 8. The second kappa shape index (κ2) is 10.6. The van der Waals surface area contributed by atoms with Crippen molar-refractivity contribution in [2.24, 2.45) is 10.9 Å². The molecule has 0 aliphatic carbocycles. The van der Waals surface area contributed by atoms with Crippen LogP contribution in [0.2, 0.25) is 10.0 Å². The summed E-state index contributed by atoms with van der Waals surface area (Å²) in [6.45, 7) is 8.51. The van der Waals surface area contributed by atoms with Crippen LogP contribution in [0.3, 0.4) is 0 Å². The first-order valence-electron chi connectivity index (χ1n) is 11.1. The summed E-state index contributed by atoms with van der Waals surface area (Å²) < 4.78 is 15.2. The lowest BCUT2D eigenvalue weighted by Gasteiger charge is -2.15. The summed E-state index contributed by atoms with van der Waals surface area (Å²) in [5.74, 6) is 1.68. The van der Waals surface area contributed by atoms with Gasteiger partial charge < -0.3 is 20.9 Å². The Balaban J connectivity index is 1.60. The minimum atomic E-state index is -0.276. The molecule has 1 aromatic heterocycles. The van der Waals surface area contributed by atoms with Crippen molar-refractivity contribution in [3.63, 3.8) is 0 Å². The van der Waals surface area contributed by atoms with Gasteiger partial charge in [0.1, 0.15) is 29.0 Å². The molecule has 2 atom stereocenters. The standard InChI is InChI=1S/C25H27Cl2FN6/c1-15(18-6-8-19(28)9-7-18)32-16(2)31-13-22-24(29)34(14-17-10-11-30-12-17)25(33-22)23-20(26)4-3-5-21(23)27/h3-9,13,15,17,30,32H,2,10-12,14,29H2,1H3. The topological polar surface area (TPSA) is 80.3 Å². The van der Waals surface area contributed by atoms with Gasteiger partial charge in [-0.2, -0.15) is 0 Å². The average molecular weight is 501 g/mol. The molecule has 3 aromatic rings. The van der Waals surface area contributed by atoms with Crippen LogP contribution in [0.4, 0.5) is 10.2 Å². The van der Waals surface area contributed by atoms with E-state index in [0.717, 1.165) is 25.1 Å². The Hall–Kier alpha value is -2.87. The normalized spacial score (nSPS) is 16.8. The van der Waals surface area contributed by atoms with Gasteiger partial charge in [0.2, 0.25) is 0 Å². The van der Waals surface area contributed by atoms with Crippen molar-refractivity contribution in [3.8, 4) is 11.4 Å². The van der Waals surface area contributed by atoms with Crippen molar-refractivity contribution in [2.75, 3.05) is 18.8 Å². The summed E-state index contributed by atoms with van der Waals surface area (Å²) in [6.07, 6.45) is 2.64. The Bertz CT molecular complexity index is 1180. The van der Waals surface area contributed by atoms with Crippen LogP contribution in [-0.4, -0.2) is 28.9 Å². The Kier molecular flexibility index (Phi) is 7.56. The third kappa shape index (κ3) is 5.43. The van der Waals surface area contributed by atoms with Gasteiger partial charge >= 0.3 is 0 Å². The maximum absolute atomic E-state index is 13.2. The van der Waals surface area contributed by atoms with Gasteiger partial charge in [0.15, 0.2) is 0 Å². The van der Waals surface area contributed by atoms with Crippen molar-refractivity contribution >= 4 is 35.2 Å². The fourth-order valence-electron chi connectivity index (χ4n) is 4.06. The van der Waals surface area contributed by atoms with E-state index in [1.165, 1.54) is 12.1 Å². The fraction of sp³-hybridized carbons (Fsp3) is 0.280. The average Bonchev–Trinajstić information content (AvgIpc) is 3.42. The number of aliphatic imine (C=N–C) groups is 1. The Morgan fingerprint density at radius 1 is 1.32 bits per heavy atom. The molecule has 1 saturated heterocycles. The Morgan fingerprint density at radius 2 is 2.03 bits per heavy atom. The number of anilines is 1. The molecule has 0 bridgehead atoms. The first-order chi connectivity index (χ1) is 16.3. The largest absolute Gasteiger partial charge is 0.383 e. The summed E-state index contributed by atoms with van der Waals surface area (Å²) >= 11 is 13.0. The summed E-state index contributed by atoms with van der Waals surface area (Å²) in [7, 11) is 0. The smallest absolute Gasteiger partial charge is 0.145 e. The molecule has 9 heteroatoms. The van der Waals surface area contributed by atoms with E-state index in [1.54, 1.807) is 36.5 Å². The zero-order valence-corrected chi connectivity index (χ0v) is 20.4. The van der Waals surface area contributed by atoms with Crippen molar-refractivity contribution in [3.05, 3.63) is 82.0 Å². The maximum atomic E-state index is 13.2. The number of halogens is 3. The van der Waals surface area contributed by atoms with Gasteiger partial charge in [-0.05, 0) is 62.2 Å². The number of nitrogens with zero attached hydrogens (tertiary/aromatic N) is 3. The Morgan fingerprint density at radius 3 is 2.68 bits per heavy atom. The van der Waals surface area contributed by atoms with Gasteiger partial charge in [0, 0.05) is 12.6 Å². The number of hydrogen-bond acceptors (Lipinski definition) is 5. The van der Waals surface area contributed by atoms with E-state index in [0.29, 0.717) is 51.2 Å². The van der Waals surface area contributed by atoms with Crippen LogP contribution >= 0.6 is 23.2 Å². The van der Waals surface area contributed by atoms with Gasteiger partial charge in [-0.15, -0.1) is 0 Å². The highest BCUT2D eigenvalue weighted by Gasteiger charge is 2.23. The lowest BCUT2D eigenvalue weighted by molar-refractivity contribution is 0.488. The number of aromatic nitrogens is 2. The summed E-state index contributed by atoms with van der Waals surface area (Å²) in [4.78, 5) is 9.18. The predicted octanol–water partition coefficient (Wildman–Crippen LogP) is 5.43. The van der Waals surface area contributed by atoms with E-state index in [1.807, 2.05) is 11.5 Å². The minimum Gasteiger partial charge on any atom is -0.383 e. The SMILES string of the molecule is C=C(N=Cc1nc(-c2c(Cl)cccc2Cl)n(CC2CCNC2)c1N)NC(C)c1ccc(F)cc1. The Labute approximate surface area is 208 Å². The molecule has 2 heterocycles. The van der Waals surface area contributed by atoms with Gasteiger partial charge in [-0.3, -0.25) is 0 Å². The molecule has 2 unspecified atom stereocenters. The number of benzene rings is 2. The molecule has 2 aromatic carbocycles. The van der Waals surface area contributed by atoms with Gasteiger partial charge in [0.05, 0.1) is 21.8 Å². The fourth-order valence-corrected chi connectivity index (χ4v) is 4.62. The van der Waals surface area contributed by atoms with Crippen LogP contribution in [-0.2, 0) is 6.54 Å². The van der Waals surface area contributed by atoms with E-state index in [2.05, 4.69) is 22.2 Å². The number of nitrogens with one attached hydrogen (secondary N) is 2. The molecular formula is C25H27Cl2FN6. The van der Waals surface area contributed by atoms with Crippen LogP contribution in [0.25, 0.3) is 11.4 Å². The molecule has 1 aliphatic rings. The number of nitrogens with two attached hydrogens (primary N) is 1. The molecule has 4 N–H and O–H groups in total. The van der Waals surface area contributed by atoms with Crippen molar-refractivity contribution in [1.29, 1.82) is 0 Å². The molecule has 34 heavy (non-hydrogen) atoms. The number of hydrogen-bond donors (Lipinski definition) is 3. The monoisotopic (exact) mass is 500 g/mol. The first-order valence-corrected chi connectivity index (χ1v) is 11.8. The van der Waals surface area contributed by atoms with Crippen molar-refractivity contribution < 1.29 is 4.39 Å². The molecule has 0 radical (unpaired) electrons. The molecule has 4 rings (SSSR count). The van der Waals surface area contributed by atoms with Crippen LogP contribution in [0.5, 0.6) is 0 Å². The lowest BCUT2D eigenvalue weighted by Crippen LogP contribution is -2.17. The molecule has 0 amide bonds. The third-order valence-electron chi connectivity index (χ3n) is 5.92. The number of nitrogen functional groups attached to an aromatic ring is 1. The summed E-state index contributed by atoms with van der Waals surface area (Å²) in [5.41, 5.74) is 8.60.